The standard InChI is InChI=1S/C23H29N3O5/c1-29-21-14-18(20(27)7-3-4-9-26-10-12-31-13-11-26)19(15-22(21)30-2)25-23(28)17-6-5-8-24-16-17/h5-6,8,14-16H,3-4,7,9-13H2,1-2H3,(H,25,28). The molecule has 1 amide bonds. The quantitative estimate of drug-likeness (QED) is 0.460. The van der Waals surface area contributed by atoms with Gasteiger partial charge in [-0.2, -0.15) is 0 Å². The fourth-order valence-electron chi connectivity index (χ4n) is 3.49. The van der Waals surface area contributed by atoms with Crippen molar-refractivity contribution >= 4 is 17.4 Å². The van der Waals surface area contributed by atoms with E-state index in [1.807, 2.05) is 0 Å². The lowest BCUT2D eigenvalue weighted by Crippen LogP contribution is -2.36. The number of carbonyl (C=O) groups excluding carboxylic acids is 2. The first-order valence-corrected chi connectivity index (χ1v) is 10.4. The first-order valence-electron chi connectivity index (χ1n) is 10.4. The molecule has 1 aliphatic heterocycles. The summed E-state index contributed by atoms with van der Waals surface area (Å²) in [7, 11) is 3.03. The van der Waals surface area contributed by atoms with Crippen molar-refractivity contribution in [3.63, 3.8) is 0 Å². The second-order valence-corrected chi connectivity index (χ2v) is 7.28. The summed E-state index contributed by atoms with van der Waals surface area (Å²) < 4.78 is 16.1. The Kier molecular flexibility index (Phi) is 8.37. The molecule has 8 nitrogen and oxygen atoms in total. The molecular formula is C23H29N3O5. The Balaban J connectivity index is 1.70. The van der Waals surface area contributed by atoms with Gasteiger partial charge in [-0.05, 0) is 37.6 Å². The molecule has 1 saturated heterocycles. The number of carbonyl (C=O) groups is 2. The predicted octanol–water partition coefficient (Wildman–Crippen LogP) is 3.04. The van der Waals surface area contributed by atoms with E-state index in [2.05, 4.69) is 15.2 Å². The van der Waals surface area contributed by atoms with Crippen LogP contribution in [0.3, 0.4) is 0 Å². The van der Waals surface area contributed by atoms with Crippen LogP contribution in [-0.2, 0) is 4.74 Å². The maximum absolute atomic E-state index is 13.0. The zero-order valence-electron chi connectivity index (χ0n) is 18.1. The highest BCUT2D eigenvalue weighted by Gasteiger charge is 2.19. The van der Waals surface area contributed by atoms with Crippen LogP contribution in [0.15, 0.2) is 36.7 Å². The van der Waals surface area contributed by atoms with Gasteiger partial charge in [-0.1, -0.05) is 0 Å². The molecule has 1 N–H and O–H groups in total. The number of ketones is 1. The zero-order chi connectivity index (χ0) is 22.1. The number of nitrogens with zero attached hydrogens (tertiary/aromatic N) is 2. The molecule has 0 radical (unpaired) electrons. The van der Waals surface area contributed by atoms with E-state index in [1.54, 1.807) is 30.5 Å². The summed E-state index contributed by atoms with van der Waals surface area (Å²) in [6.45, 7) is 4.37. The number of rotatable bonds is 10. The molecule has 1 aliphatic rings. The molecule has 0 spiro atoms. The number of Topliss-reactive ketones (excluding diaryl/α,β-unsaturated/α-hetero) is 1. The van der Waals surface area contributed by atoms with Crippen molar-refractivity contribution in [1.82, 2.24) is 9.88 Å². The number of morpholine rings is 1. The Labute approximate surface area is 182 Å². The number of unbranched alkanes of at least 4 members (excludes halogenated alkanes) is 1. The number of nitrogens with one attached hydrogen (secondary N) is 1. The SMILES string of the molecule is COc1cc(NC(=O)c2cccnc2)c(C(=O)CCCCN2CCOCC2)cc1OC. The average Bonchev–Trinajstić information content (AvgIpc) is 2.82. The lowest BCUT2D eigenvalue weighted by atomic mass is 10.0. The van der Waals surface area contributed by atoms with Gasteiger partial charge in [0, 0.05) is 43.5 Å². The monoisotopic (exact) mass is 427 g/mol. The van der Waals surface area contributed by atoms with Crippen LogP contribution < -0.4 is 14.8 Å². The molecule has 0 aliphatic carbocycles. The van der Waals surface area contributed by atoms with Gasteiger partial charge in [0.05, 0.1) is 38.7 Å². The summed E-state index contributed by atoms with van der Waals surface area (Å²) in [5.41, 5.74) is 1.20. The number of benzene rings is 1. The van der Waals surface area contributed by atoms with Crippen molar-refractivity contribution < 1.29 is 23.8 Å². The third kappa shape index (κ3) is 6.26. The van der Waals surface area contributed by atoms with Crippen LogP contribution in [0.25, 0.3) is 0 Å². The van der Waals surface area contributed by atoms with E-state index in [9.17, 15) is 9.59 Å². The van der Waals surface area contributed by atoms with Gasteiger partial charge in [-0.3, -0.25) is 19.5 Å². The zero-order valence-corrected chi connectivity index (χ0v) is 18.1. The van der Waals surface area contributed by atoms with Crippen LogP contribution in [0.5, 0.6) is 11.5 Å². The lowest BCUT2D eigenvalue weighted by Gasteiger charge is -2.26. The van der Waals surface area contributed by atoms with E-state index in [4.69, 9.17) is 14.2 Å². The molecule has 1 fully saturated rings. The average molecular weight is 428 g/mol. The molecule has 2 aromatic rings. The van der Waals surface area contributed by atoms with Crippen molar-refractivity contribution in [3.8, 4) is 11.5 Å². The molecule has 0 bridgehead atoms. The molecule has 166 valence electrons. The highest BCUT2D eigenvalue weighted by Crippen LogP contribution is 2.34. The number of hydrogen-bond acceptors (Lipinski definition) is 7. The fraction of sp³-hybridized carbons (Fsp3) is 0.435. The summed E-state index contributed by atoms with van der Waals surface area (Å²) in [6, 6.07) is 6.59. The van der Waals surface area contributed by atoms with Crippen LogP contribution in [0, 0.1) is 0 Å². The normalized spacial score (nSPS) is 14.1. The van der Waals surface area contributed by atoms with Gasteiger partial charge in [-0.15, -0.1) is 0 Å². The topological polar surface area (TPSA) is 90.0 Å². The van der Waals surface area contributed by atoms with Crippen LogP contribution >= 0.6 is 0 Å². The molecule has 31 heavy (non-hydrogen) atoms. The first-order chi connectivity index (χ1) is 15.1. The van der Waals surface area contributed by atoms with Gasteiger partial charge in [0.25, 0.3) is 5.91 Å². The van der Waals surface area contributed by atoms with E-state index < -0.39 is 0 Å². The summed E-state index contributed by atoms with van der Waals surface area (Å²) in [5, 5.41) is 2.82. The molecule has 0 atom stereocenters. The molecule has 2 heterocycles. The van der Waals surface area contributed by atoms with E-state index in [1.165, 1.54) is 20.4 Å². The Morgan fingerprint density at radius 3 is 2.55 bits per heavy atom. The number of hydrogen-bond donors (Lipinski definition) is 1. The van der Waals surface area contributed by atoms with Crippen molar-refractivity contribution in [2.45, 2.75) is 19.3 Å². The Morgan fingerprint density at radius 1 is 1.13 bits per heavy atom. The van der Waals surface area contributed by atoms with Crippen molar-refractivity contribution in [2.75, 3.05) is 52.4 Å². The van der Waals surface area contributed by atoms with E-state index in [0.29, 0.717) is 34.7 Å². The predicted molar refractivity (Wildman–Crippen MR) is 117 cm³/mol. The highest BCUT2D eigenvalue weighted by molar-refractivity contribution is 6.09. The van der Waals surface area contributed by atoms with Crippen LogP contribution in [0.2, 0.25) is 0 Å². The van der Waals surface area contributed by atoms with Crippen molar-refractivity contribution in [1.29, 1.82) is 0 Å². The third-order valence-electron chi connectivity index (χ3n) is 5.23. The highest BCUT2D eigenvalue weighted by atomic mass is 16.5. The molecule has 3 rings (SSSR count). The van der Waals surface area contributed by atoms with Gasteiger partial charge in [0.1, 0.15) is 0 Å². The van der Waals surface area contributed by atoms with E-state index in [-0.39, 0.29) is 11.7 Å². The first kappa shape index (κ1) is 22.7. The Bertz CT molecular complexity index is 882. The smallest absolute Gasteiger partial charge is 0.257 e. The lowest BCUT2D eigenvalue weighted by molar-refractivity contribution is 0.0371. The number of pyridine rings is 1. The molecular weight excluding hydrogens is 398 g/mol. The minimum absolute atomic E-state index is 0.0515. The van der Waals surface area contributed by atoms with Gasteiger partial charge >= 0.3 is 0 Å². The number of methoxy groups -OCH3 is 2. The summed E-state index contributed by atoms with van der Waals surface area (Å²) >= 11 is 0. The van der Waals surface area contributed by atoms with Crippen LogP contribution in [0.4, 0.5) is 5.69 Å². The van der Waals surface area contributed by atoms with E-state index in [0.717, 1.165) is 45.7 Å². The number of aromatic nitrogens is 1. The van der Waals surface area contributed by atoms with Gasteiger partial charge in [0.15, 0.2) is 17.3 Å². The Morgan fingerprint density at radius 2 is 1.87 bits per heavy atom. The maximum Gasteiger partial charge on any atom is 0.257 e. The third-order valence-corrected chi connectivity index (χ3v) is 5.23. The van der Waals surface area contributed by atoms with Crippen LogP contribution in [-0.4, -0.2) is 68.6 Å². The van der Waals surface area contributed by atoms with Gasteiger partial charge < -0.3 is 19.5 Å². The minimum atomic E-state index is -0.346. The second kappa shape index (κ2) is 11.4. The minimum Gasteiger partial charge on any atom is -0.493 e. The molecule has 1 aromatic heterocycles. The Hall–Kier alpha value is -2.97. The number of ether oxygens (including phenoxy) is 3. The maximum atomic E-state index is 13.0. The van der Waals surface area contributed by atoms with E-state index >= 15 is 0 Å². The summed E-state index contributed by atoms with van der Waals surface area (Å²) in [4.78, 5) is 32.0. The number of amides is 1. The fourth-order valence-corrected chi connectivity index (χ4v) is 3.49. The molecule has 0 unspecified atom stereocenters. The van der Waals surface area contributed by atoms with Crippen molar-refractivity contribution in [3.05, 3.63) is 47.8 Å². The van der Waals surface area contributed by atoms with Gasteiger partial charge in [0.2, 0.25) is 0 Å². The second-order valence-electron chi connectivity index (χ2n) is 7.28. The molecule has 1 aromatic carbocycles. The van der Waals surface area contributed by atoms with Crippen molar-refractivity contribution in [2.24, 2.45) is 0 Å². The number of anilines is 1. The summed E-state index contributed by atoms with van der Waals surface area (Å²) in [5.74, 6) is 0.484. The van der Waals surface area contributed by atoms with Gasteiger partial charge in [-0.25, -0.2) is 0 Å². The van der Waals surface area contributed by atoms with Crippen LogP contribution in [0.1, 0.15) is 40.0 Å². The molecule has 8 heteroatoms. The summed E-state index contributed by atoms with van der Waals surface area (Å²) in [6.07, 6.45) is 5.15. The largest absolute Gasteiger partial charge is 0.493 e. The molecule has 0 saturated carbocycles.